The third kappa shape index (κ3) is 6.98. The molecule has 0 radical (unpaired) electrons. The number of aliphatic carboxylic acids is 1. The number of nitrogens with two attached hydrogens (primary N) is 2. The van der Waals surface area contributed by atoms with E-state index in [0.717, 1.165) is 5.56 Å². The number of nitrogens with one attached hydrogen (secondary N) is 1. The van der Waals surface area contributed by atoms with E-state index in [1.807, 2.05) is 30.3 Å². The lowest BCUT2D eigenvalue weighted by molar-refractivity contribution is -0.142. The summed E-state index contributed by atoms with van der Waals surface area (Å²) in [4.78, 5) is 41.6. The summed E-state index contributed by atoms with van der Waals surface area (Å²) in [5.41, 5.74) is 11.3. The molecule has 1 aromatic carbocycles. The number of aliphatic imine (C=N–C) groups is 1. The third-order valence-corrected chi connectivity index (χ3v) is 4.55. The Labute approximate surface area is 168 Å². The zero-order valence-corrected chi connectivity index (χ0v) is 16.1. The normalized spacial score (nSPS) is 16.7. The number of nitrogens with zero attached hydrogens (tertiary/aromatic N) is 2. The molecule has 0 aromatic heterocycles. The average Bonchev–Trinajstić information content (AvgIpc) is 3.19. The first-order valence-electron chi connectivity index (χ1n) is 9.44. The number of likely N-dealkylation sites (tertiary alicyclic amines) is 1. The molecule has 2 rings (SSSR count). The van der Waals surface area contributed by atoms with Crippen LogP contribution in [0.4, 0.5) is 4.79 Å². The number of carbonyl (C=O) groups excluding carboxylic acids is 2. The fraction of sp³-hybridized carbons (Fsp3) is 0.474. The second-order valence-corrected chi connectivity index (χ2v) is 6.74. The highest BCUT2D eigenvalue weighted by molar-refractivity contribution is 5.89. The third-order valence-electron chi connectivity index (χ3n) is 4.55. The van der Waals surface area contributed by atoms with Crippen LogP contribution in [0.15, 0.2) is 35.3 Å². The molecule has 1 aliphatic heterocycles. The molecule has 1 aromatic rings. The van der Waals surface area contributed by atoms with Crippen molar-refractivity contribution in [3.05, 3.63) is 35.9 Å². The lowest BCUT2D eigenvalue weighted by Gasteiger charge is -2.25. The van der Waals surface area contributed by atoms with Crippen molar-refractivity contribution in [1.29, 1.82) is 0 Å². The summed E-state index contributed by atoms with van der Waals surface area (Å²) in [7, 11) is 0. The van der Waals surface area contributed by atoms with Crippen molar-refractivity contribution in [2.24, 2.45) is 16.5 Å². The van der Waals surface area contributed by atoms with Gasteiger partial charge in [0.2, 0.25) is 5.91 Å². The maximum absolute atomic E-state index is 12.6. The number of ether oxygens (including phenoxy) is 1. The number of carboxylic acids is 1. The Morgan fingerprint density at radius 2 is 2.00 bits per heavy atom. The van der Waals surface area contributed by atoms with Gasteiger partial charge in [-0.1, -0.05) is 30.3 Å². The number of carboxylic acid groups (broad SMARTS) is 1. The van der Waals surface area contributed by atoms with Crippen LogP contribution in [0.1, 0.15) is 31.2 Å². The van der Waals surface area contributed by atoms with Crippen LogP contribution in [0.5, 0.6) is 0 Å². The predicted octanol–water partition coefficient (Wildman–Crippen LogP) is 0.411. The van der Waals surface area contributed by atoms with Gasteiger partial charge in [-0.3, -0.25) is 14.7 Å². The molecular weight excluding hydrogens is 378 g/mol. The van der Waals surface area contributed by atoms with Gasteiger partial charge in [0.15, 0.2) is 5.96 Å². The quantitative estimate of drug-likeness (QED) is 0.263. The van der Waals surface area contributed by atoms with E-state index in [4.69, 9.17) is 16.2 Å². The lowest BCUT2D eigenvalue weighted by Crippen LogP contribution is -2.51. The number of hydrogen-bond donors (Lipinski definition) is 4. The van der Waals surface area contributed by atoms with E-state index in [-0.39, 0.29) is 25.5 Å². The van der Waals surface area contributed by atoms with Gasteiger partial charge in [0, 0.05) is 13.1 Å². The van der Waals surface area contributed by atoms with Crippen LogP contribution in [-0.4, -0.2) is 59.1 Å². The molecule has 0 spiro atoms. The number of rotatable bonds is 9. The van der Waals surface area contributed by atoms with Crippen molar-refractivity contribution < 1.29 is 24.2 Å². The fourth-order valence-corrected chi connectivity index (χ4v) is 3.09. The molecule has 2 atom stereocenters. The summed E-state index contributed by atoms with van der Waals surface area (Å²) in [5, 5.41) is 11.9. The molecule has 1 aliphatic rings. The molecule has 6 N–H and O–H groups in total. The Bertz CT molecular complexity index is 736. The number of benzene rings is 1. The van der Waals surface area contributed by atoms with Crippen molar-refractivity contribution in [3.8, 4) is 0 Å². The summed E-state index contributed by atoms with van der Waals surface area (Å²) in [6, 6.07) is 7.38. The highest BCUT2D eigenvalue weighted by Gasteiger charge is 2.36. The van der Waals surface area contributed by atoms with Gasteiger partial charge in [-0.25, -0.2) is 9.59 Å². The van der Waals surface area contributed by atoms with Crippen molar-refractivity contribution in [1.82, 2.24) is 10.2 Å². The Morgan fingerprint density at radius 1 is 1.28 bits per heavy atom. The molecule has 2 amide bonds. The molecule has 0 saturated carbocycles. The van der Waals surface area contributed by atoms with Crippen molar-refractivity contribution in [2.75, 3.05) is 13.1 Å². The number of hydrogen-bond acceptors (Lipinski definition) is 5. The Kier molecular flexibility index (Phi) is 8.26. The first kappa shape index (κ1) is 22.0. The van der Waals surface area contributed by atoms with Gasteiger partial charge in [0.1, 0.15) is 18.7 Å². The highest BCUT2D eigenvalue weighted by Crippen LogP contribution is 2.19. The van der Waals surface area contributed by atoms with Crippen LogP contribution in [0.2, 0.25) is 0 Å². The van der Waals surface area contributed by atoms with Crippen molar-refractivity contribution >= 4 is 23.9 Å². The van der Waals surface area contributed by atoms with Gasteiger partial charge in [0.25, 0.3) is 0 Å². The molecule has 158 valence electrons. The summed E-state index contributed by atoms with van der Waals surface area (Å²) in [5.74, 6) is -1.73. The molecule has 1 fully saturated rings. The van der Waals surface area contributed by atoms with Crippen LogP contribution < -0.4 is 16.8 Å². The van der Waals surface area contributed by atoms with E-state index in [0.29, 0.717) is 25.8 Å². The number of amides is 2. The summed E-state index contributed by atoms with van der Waals surface area (Å²) in [6.45, 7) is 0.754. The molecule has 10 nitrogen and oxygen atoms in total. The van der Waals surface area contributed by atoms with Gasteiger partial charge in [-0.2, -0.15) is 0 Å². The maximum Gasteiger partial charge on any atom is 0.410 e. The molecule has 1 saturated heterocycles. The van der Waals surface area contributed by atoms with E-state index in [1.54, 1.807) is 0 Å². The molecular formula is C19H27N5O5. The Hall–Kier alpha value is -3.30. The average molecular weight is 405 g/mol. The van der Waals surface area contributed by atoms with E-state index in [9.17, 15) is 19.5 Å². The van der Waals surface area contributed by atoms with E-state index in [2.05, 4.69) is 10.3 Å². The highest BCUT2D eigenvalue weighted by atomic mass is 16.6. The largest absolute Gasteiger partial charge is 0.480 e. The van der Waals surface area contributed by atoms with Crippen LogP contribution in [0.3, 0.4) is 0 Å². The maximum atomic E-state index is 12.6. The van der Waals surface area contributed by atoms with Crippen LogP contribution in [-0.2, 0) is 20.9 Å². The SMILES string of the molecule is NC(N)=NCCCC(NC(=O)C1CCCN1C(=O)OCc1ccccc1)C(=O)O. The van der Waals surface area contributed by atoms with Crippen molar-refractivity contribution in [3.63, 3.8) is 0 Å². The van der Waals surface area contributed by atoms with Crippen molar-refractivity contribution in [2.45, 2.75) is 44.4 Å². The van der Waals surface area contributed by atoms with Gasteiger partial charge in [-0.05, 0) is 31.2 Å². The minimum absolute atomic E-state index is 0.0727. The topological polar surface area (TPSA) is 160 Å². The molecule has 1 heterocycles. The standard InChI is InChI=1S/C19H27N5O5/c20-18(21)22-10-4-8-14(17(26)27)23-16(25)15-9-5-11-24(15)19(28)29-12-13-6-2-1-3-7-13/h1-3,6-7,14-15H,4-5,8-12H2,(H,23,25)(H,26,27)(H4,20,21,22). The zero-order valence-electron chi connectivity index (χ0n) is 16.1. The van der Waals surface area contributed by atoms with E-state index in [1.165, 1.54) is 4.90 Å². The first-order chi connectivity index (χ1) is 13.9. The van der Waals surface area contributed by atoms with Crippen LogP contribution in [0, 0.1) is 0 Å². The summed E-state index contributed by atoms with van der Waals surface area (Å²) in [6.07, 6.45) is 1.06. The second-order valence-electron chi connectivity index (χ2n) is 6.74. The molecule has 0 bridgehead atoms. The lowest BCUT2D eigenvalue weighted by atomic mass is 10.1. The molecule has 2 unspecified atom stereocenters. The number of carbonyl (C=O) groups is 3. The summed E-state index contributed by atoms with van der Waals surface area (Å²) < 4.78 is 5.30. The smallest absolute Gasteiger partial charge is 0.410 e. The fourth-order valence-electron chi connectivity index (χ4n) is 3.09. The Balaban J connectivity index is 1.89. The predicted molar refractivity (Wildman–Crippen MR) is 106 cm³/mol. The minimum Gasteiger partial charge on any atom is -0.480 e. The monoisotopic (exact) mass is 405 g/mol. The minimum atomic E-state index is -1.15. The molecule has 0 aliphatic carbocycles. The van der Waals surface area contributed by atoms with Gasteiger partial charge in [-0.15, -0.1) is 0 Å². The molecule has 29 heavy (non-hydrogen) atoms. The van der Waals surface area contributed by atoms with Crippen LogP contribution >= 0.6 is 0 Å². The van der Waals surface area contributed by atoms with Crippen LogP contribution in [0.25, 0.3) is 0 Å². The second kappa shape index (κ2) is 10.9. The van der Waals surface area contributed by atoms with E-state index < -0.39 is 30.1 Å². The van der Waals surface area contributed by atoms with Gasteiger partial charge >= 0.3 is 12.1 Å². The summed E-state index contributed by atoms with van der Waals surface area (Å²) >= 11 is 0. The van der Waals surface area contributed by atoms with Gasteiger partial charge < -0.3 is 26.6 Å². The Morgan fingerprint density at radius 3 is 2.66 bits per heavy atom. The number of guanidine groups is 1. The van der Waals surface area contributed by atoms with Gasteiger partial charge in [0.05, 0.1) is 0 Å². The van der Waals surface area contributed by atoms with E-state index >= 15 is 0 Å². The zero-order chi connectivity index (χ0) is 21.2. The molecule has 10 heteroatoms. The first-order valence-corrected chi connectivity index (χ1v) is 9.44.